The second kappa shape index (κ2) is 12.4. The molecule has 0 atom stereocenters. The van der Waals surface area contributed by atoms with E-state index in [-0.39, 0.29) is 0 Å². The summed E-state index contributed by atoms with van der Waals surface area (Å²) in [6, 6.07) is 35.7. The van der Waals surface area contributed by atoms with Gasteiger partial charge in [-0.1, -0.05) is 97.1 Å². The van der Waals surface area contributed by atoms with E-state index in [0.29, 0.717) is 0 Å². The normalized spacial score (nSPS) is 12.0. The molecule has 0 amide bonds. The van der Waals surface area contributed by atoms with Crippen molar-refractivity contribution in [3.63, 3.8) is 0 Å². The van der Waals surface area contributed by atoms with Crippen molar-refractivity contribution >= 4 is 68.5 Å². The average Bonchev–Trinajstić information content (AvgIpc) is 3.48. The first-order valence-corrected chi connectivity index (χ1v) is 17.6. The zero-order valence-corrected chi connectivity index (χ0v) is 29.0. The molecule has 0 aliphatic carbocycles. The van der Waals surface area contributed by atoms with E-state index in [1.807, 2.05) is 22.7 Å². The molecule has 0 saturated heterocycles. The van der Waals surface area contributed by atoms with E-state index in [2.05, 4.69) is 163 Å². The maximum absolute atomic E-state index is 2.43. The standard InChI is InChI=1S/C44H38S2/c1-27-29(3)43(45-31(27)5)23-21-35-25-42(40-20-12-16-34-14-8-10-18-38(34)40)36(22-24-44-30(4)28(2)32(6)46-44)26-41(35)39-19-11-15-33-13-7-9-17-37(33)39/h7-26H,1-6H3/b23-21+,24-22+. The average molecular weight is 631 g/mol. The number of benzene rings is 5. The monoisotopic (exact) mass is 630 g/mol. The summed E-state index contributed by atoms with van der Waals surface area (Å²) in [5.74, 6) is 0. The van der Waals surface area contributed by atoms with Gasteiger partial charge >= 0.3 is 0 Å². The molecule has 7 aromatic rings. The summed E-state index contributed by atoms with van der Waals surface area (Å²) in [4.78, 5) is 5.43. The summed E-state index contributed by atoms with van der Waals surface area (Å²) >= 11 is 3.77. The van der Waals surface area contributed by atoms with Crippen molar-refractivity contribution in [1.82, 2.24) is 0 Å². The summed E-state index contributed by atoms with van der Waals surface area (Å²) < 4.78 is 0. The first kappa shape index (κ1) is 30.2. The van der Waals surface area contributed by atoms with Crippen LogP contribution in [0.25, 0.3) is 68.1 Å². The van der Waals surface area contributed by atoms with E-state index in [1.54, 1.807) is 0 Å². The lowest BCUT2D eigenvalue weighted by Crippen LogP contribution is -1.93. The van der Waals surface area contributed by atoms with Crippen molar-refractivity contribution in [3.05, 3.63) is 150 Å². The van der Waals surface area contributed by atoms with Gasteiger partial charge in [0.1, 0.15) is 0 Å². The van der Waals surface area contributed by atoms with E-state index < -0.39 is 0 Å². The van der Waals surface area contributed by atoms with Gasteiger partial charge in [0.2, 0.25) is 0 Å². The van der Waals surface area contributed by atoms with Crippen LogP contribution in [0.5, 0.6) is 0 Å². The molecule has 2 aromatic heterocycles. The number of aryl methyl sites for hydroxylation is 2. The van der Waals surface area contributed by atoms with Crippen LogP contribution in [0.15, 0.2) is 97.1 Å². The maximum Gasteiger partial charge on any atom is 0.0305 e. The number of thiophene rings is 2. The Hall–Kier alpha value is -4.50. The van der Waals surface area contributed by atoms with Gasteiger partial charge in [-0.15, -0.1) is 22.7 Å². The second-order valence-corrected chi connectivity index (χ2v) is 14.8. The summed E-state index contributed by atoms with van der Waals surface area (Å²) in [6.07, 6.45) is 9.33. The van der Waals surface area contributed by atoms with Gasteiger partial charge in [-0.3, -0.25) is 0 Å². The highest BCUT2D eigenvalue weighted by atomic mass is 32.1. The van der Waals surface area contributed by atoms with Gasteiger partial charge in [0, 0.05) is 19.5 Å². The fourth-order valence-corrected chi connectivity index (χ4v) is 8.64. The van der Waals surface area contributed by atoms with Crippen molar-refractivity contribution in [2.45, 2.75) is 41.5 Å². The minimum absolute atomic E-state index is 1.22. The molecule has 0 N–H and O–H groups in total. The first-order chi connectivity index (χ1) is 22.3. The third-order valence-electron chi connectivity index (χ3n) is 9.66. The van der Waals surface area contributed by atoms with Gasteiger partial charge in [0.15, 0.2) is 0 Å². The summed E-state index contributed by atoms with van der Waals surface area (Å²) in [7, 11) is 0. The summed E-state index contributed by atoms with van der Waals surface area (Å²) in [6.45, 7) is 13.4. The van der Waals surface area contributed by atoms with Gasteiger partial charge in [0.05, 0.1) is 0 Å². The number of fused-ring (bicyclic) bond motifs is 2. The third kappa shape index (κ3) is 5.47. The number of hydrogen-bond acceptors (Lipinski definition) is 2. The van der Waals surface area contributed by atoms with Gasteiger partial charge in [-0.05, 0) is 143 Å². The molecule has 0 spiro atoms. The smallest absolute Gasteiger partial charge is 0.0305 e. The highest BCUT2D eigenvalue weighted by Gasteiger charge is 2.16. The molecular formula is C44H38S2. The molecule has 0 nitrogen and oxygen atoms in total. The lowest BCUT2D eigenvalue weighted by molar-refractivity contribution is 1.34. The van der Waals surface area contributed by atoms with Crippen LogP contribution in [0.4, 0.5) is 0 Å². The van der Waals surface area contributed by atoms with Crippen LogP contribution in [-0.2, 0) is 0 Å². The summed E-state index contributed by atoms with van der Waals surface area (Å²) in [5.41, 5.74) is 13.0. The molecule has 0 aliphatic rings. The fourth-order valence-electron chi connectivity index (χ4n) is 6.48. The van der Waals surface area contributed by atoms with Crippen LogP contribution in [-0.4, -0.2) is 0 Å². The van der Waals surface area contributed by atoms with Crippen molar-refractivity contribution < 1.29 is 0 Å². The SMILES string of the molecule is Cc1sc(/C=C/c2cc(-c3cccc4ccccc34)c(/C=C/c3sc(C)c(C)c3C)cc2-c2cccc3ccccc23)c(C)c1C. The predicted octanol–water partition coefficient (Wildman–Crippen LogP) is 13.6. The quantitative estimate of drug-likeness (QED) is 0.171. The van der Waals surface area contributed by atoms with E-state index >= 15 is 0 Å². The molecule has 0 unspecified atom stereocenters. The largest absolute Gasteiger partial charge is 0.141 e. The molecular weight excluding hydrogens is 593 g/mol. The Bertz CT molecular complexity index is 2140. The molecule has 5 aromatic carbocycles. The molecule has 7 rings (SSSR count). The first-order valence-electron chi connectivity index (χ1n) is 15.9. The molecule has 0 bridgehead atoms. The molecule has 0 saturated carbocycles. The van der Waals surface area contributed by atoms with Gasteiger partial charge < -0.3 is 0 Å². The van der Waals surface area contributed by atoms with Crippen molar-refractivity contribution in [3.8, 4) is 22.3 Å². The molecule has 0 fully saturated rings. The van der Waals surface area contributed by atoms with Gasteiger partial charge in [0.25, 0.3) is 0 Å². The van der Waals surface area contributed by atoms with E-state index in [9.17, 15) is 0 Å². The van der Waals surface area contributed by atoms with Crippen molar-refractivity contribution in [2.75, 3.05) is 0 Å². The zero-order valence-electron chi connectivity index (χ0n) is 27.4. The Kier molecular flexibility index (Phi) is 8.11. The van der Waals surface area contributed by atoms with Crippen LogP contribution in [0, 0.1) is 41.5 Å². The Morgan fingerprint density at radius 1 is 0.391 bits per heavy atom. The van der Waals surface area contributed by atoms with Crippen LogP contribution < -0.4 is 0 Å². The van der Waals surface area contributed by atoms with E-state index in [1.165, 1.54) is 96.7 Å². The van der Waals surface area contributed by atoms with Crippen molar-refractivity contribution in [1.29, 1.82) is 0 Å². The third-order valence-corrected chi connectivity index (χ3v) is 12.2. The van der Waals surface area contributed by atoms with Crippen LogP contribution in [0.1, 0.15) is 52.9 Å². The topological polar surface area (TPSA) is 0 Å². The summed E-state index contributed by atoms with van der Waals surface area (Å²) in [5, 5.41) is 5.05. The Labute approximate surface area is 281 Å². The molecule has 2 heterocycles. The zero-order chi connectivity index (χ0) is 31.9. The van der Waals surface area contributed by atoms with Crippen LogP contribution in [0.2, 0.25) is 0 Å². The molecule has 0 aliphatic heterocycles. The maximum atomic E-state index is 2.43. The number of rotatable bonds is 6. The highest BCUT2D eigenvalue weighted by molar-refractivity contribution is 7.13. The van der Waals surface area contributed by atoms with E-state index in [0.717, 1.165) is 0 Å². The Morgan fingerprint density at radius 2 is 0.783 bits per heavy atom. The Balaban J connectivity index is 1.53. The highest BCUT2D eigenvalue weighted by Crippen LogP contribution is 2.40. The molecule has 0 radical (unpaired) electrons. The molecule has 46 heavy (non-hydrogen) atoms. The Morgan fingerprint density at radius 3 is 1.17 bits per heavy atom. The molecule has 2 heteroatoms. The minimum Gasteiger partial charge on any atom is -0.141 e. The van der Waals surface area contributed by atoms with Crippen LogP contribution >= 0.6 is 22.7 Å². The fraction of sp³-hybridized carbons (Fsp3) is 0.136. The second-order valence-electron chi connectivity index (χ2n) is 12.3. The van der Waals surface area contributed by atoms with Crippen LogP contribution in [0.3, 0.4) is 0 Å². The minimum atomic E-state index is 1.22. The lowest BCUT2D eigenvalue weighted by atomic mass is 9.87. The predicted molar refractivity (Wildman–Crippen MR) is 207 cm³/mol. The van der Waals surface area contributed by atoms with Crippen molar-refractivity contribution in [2.24, 2.45) is 0 Å². The van der Waals surface area contributed by atoms with Gasteiger partial charge in [-0.25, -0.2) is 0 Å². The molecule has 226 valence electrons. The van der Waals surface area contributed by atoms with E-state index in [4.69, 9.17) is 0 Å². The van der Waals surface area contributed by atoms with Gasteiger partial charge in [-0.2, -0.15) is 0 Å². The number of hydrogen-bond donors (Lipinski definition) is 0. The lowest BCUT2D eigenvalue weighted by Gasteiger charge is -2.17.